The highest BCUT2D eigenvalue weighted by molar-refractivity contribution is 6.31. The molecule has 0 N–H and O–H groups in total. The highest BCUT2D eigenvalue weighted by Crippen LogP contribution is 2.42. The maximum Gasteiger partial charge on any atom is 0.253 e. The number of hydrogen-bond donors (Lipinski definition) is 0. The van der Waals surface area contributed by atoms with Crippen molar-refractivity contribution in [1.29, 1.82) is 0 Å². The molecule has 0 unspecified atom stereocenters. The maximum atomic E-state index is 13.2. The average molecular weight is 356 g/mol. The van der Waals surface area contributed by atoms with Crippen molar-refractivity contribution in [3.63, 3.8) is 0 Å². The third kappa shape index (κ3) is 3.73. The van der Waals surface area contributed by atoms with E-state index in [1.807, 2.05) is 11.8 Å². The summed E-state index contributed by atoms with van der Waals surface area (Å²) in [4.78, 5) is 14.4. The van der Waals surface area contributed by atoms with Crippen LogP contribution in [0.1, 0.15) is 36.5 Å². The molecule has 0 aromatic heterocycles. The molecule has 24 heavy (non-hydrogen) atoms. The summed E-state index contributed by atoms with van der Waals surface area (Å²) in [6, 6.07) is 4.13. The molecule has 3 rings (SSSR count). The number of nitrogens with zero attached hydrogens (tertiary/aromatic N) is 1. The zero-order chi connectivity index (χ0) is 17.2. The molecule has 2 aliphatic rings. The van der Waals surface area contributed by atoms with Gasteiger partial charge < -0.3 is 14.4 Å². The molecule has 2 saturated heterocycles. The van der Waals surface area contributed by atoms with E-state index in [-0.39, 0.29) is 22.4 Å². The third-order valence-electron chi connectivity index (χ3n) is 5.07. The number of rotatable bonds is 4. The first kappa shape index (κ1) is 17.6. The van der Waals surface area contributed by atoms with Crippen LogP contribution in [0.4, 0.5) is 4.39 Å². The molecular formula is C18H23ClFNO3. The summed E-state index contributed by atoms with van der Waals surface area (Å²) in [5.41, 5.74) is 0.605. The van der Waals surface area contributed by atoms with E-state index in [0.29, 0.717) is 31.9 Å². The van der Waals surface area contributed by atoms with E-state index in [0.717, 1.165) is 25.9 Å². The maximum absolute atomic E-state index is 13.2. The van der Waals surface area contributed by atoms with Gasteiger partial charge in [-0.15, -0.1) is 0 Å². The quantitative estimate of drug-likeness (QED) is 0.829. The number of piperidine rings is 1. The Bertz CT molecular complexity index is 602. The predicted molar refractivity (Wildman–Crippen MR) is 89.8 cm³/mol. The summed E-state index contributed by atoms with van der Waals surface area (Å²) >= 11 is 5.78. The molecule has 0 saturated carbocycles. The molecule has 6 heteroatoms. The van der Waals surface area contributed by atoms with E-state index in [4.69, 9.17) is 21.1 Å². The van der Waals surface area contributed by atoms with Gasteiger partial charge in [0, 0.05) is 25.3 Å². The molecule has 1 aromatic carbocycles. The van der Waals surface area contributed by atoms with Crippen LogP contribution in [0.5, 0.6) is 0 Å². The summed E-state index contributed by atoms with van der Waals surface area (Å²) in [6.07, 6.45) is 3.02. The molecule has 2 aliphatic heterocycles. The number of carbonyl (C=O) groups is 1. The standard InChI is InChI=1S/C18H23ClFNO3/c1-2-23-11-14-10-18(12-24-14)5-7-21(8-6-18)17(22)13-3-4-16(20)15(19)9-13/h3-4,9,14H,2,5-8,10-12H2,1H3/t14-/m0/s1. The number of amides is 1. The first-order chi connectivity index (χ1) is 11.5. The predicted octanol–water partition coefficient (Wildman–Crippen LogP) is 3.53. The van der Waals surface area contributed by atoms with Gasteiger partial charge in [0.1, 0.15) is 5.82 Å². The Morgan fingerprint density at radius 1 is 1.46 bits per heavy atom. The Kier molecular flexibility index (Phi) is 5.42. The van der Waals surface area contributed by atoms with Crippen molar-refractivity contribution >= 4 is 17.5 Å². The second-order valence-electron chi connectivity index (χ2n) is 6.72. The van der Waals surface area contributed by atoms with Crippen molar-refractivity contribution in [1.82, 2.24) is 4.90 Å². The van der Waals surface area contributed by atoms with Crippen molar-refractivity contribution in [2.24, 2.45) is 5.41 Å². The minimum atomic E-state index is -0.505. The number of hydrogen-bond acceptors (Lipinski definition) is 3. The van der Waals surface area contributed by atoms with E-state index < -0.39 is 5.82 Å². The summed E-state index contributed by atoms with van der Waals surface area (Å²) in [5.74, 6) is -0.592. The number of ether oxygens (including phenoxy) is 2. The molecule has 1 amide bonds. The van der Waals surface area contributed by atoms with Crippen LogP contribution in [0.15, 0.2) is 18.2 Å². The van der Waals surface area contributed by atoms with Gasteiger partial charge in [0.2, 0.25) is 0 Å². The molecule has 1 aromatic rings. The highest BCUT2D eigenvalue weighted by Gasteiger charge is 2.43. The fraction of sp³-hybridized carbons (Fsp3) is 0.611. The summed E-state index contributed by atoms with van der Waals surface area (Å²) in [7, 11) is 0. The van der Waals surface area contributed by atoms with Gasteiger partial charge in [-0.25, -0.2) is 4.39 Å². The molecule has 2 heterocycles. The topological polar surface area (TPSA) is 38.8 Å². The van der Waals surface area contributed by atoms with Crippen LogP contribution >= 0.6 is 11.6 Å². The molecule has 0 radical (unpaired) electrons. The zero-order valence-corrected chi connectivity index (χ0v) is 14.7. The molecule has 0 aliphatic carbocycles. The number of benzene rings is 1. The third-order valence-corrected chi connectivity index (χ3v) is 5.36. The van der Waals surface area contributed by atoms with Crippen LogP contribution in [-0.4, -0.2) is 49.8 Å². The Hall–Kier alpha value is -1.17. The van der Waals surface area contributed by atoms with E-state index in [2.05, 4.69) is 0 Å². The van der Waals surface area contributed by atoms with Gasteiger partial charge in [0.15, 0.2) is 0 Å². The van der Waals surface area contributed by atoms with Gasteiger partial charge in [-0.3, -0.25) is 4.79 Å². The smallest absolute Gasteiger partial charge is 0.253 e. The first-order valence-corrected chi connectivity index (χ1v) is 8.84. The van der Waals surface area contributed by atoms with E-state index in [9.17, 15) is 9.18 Å². The Labute approximate surface area is 146 Å². The second kappa shape index (κ2) is 7.38. The van der Waals surface area contributed by atoms with Gasteiger partial charge in [-0.05, 0) is 49.8 Å². The van der Waals surface area contributed by atoms with Crippen molar-refractivity contribution in [2.45, 2.75) is 32.3 Å². The summed E-state index contributed by atoms with van der Waals surface area (Å²) in [6.45, 7) is 5.47. The monoisotopic (exact) mass is 355 g/mol. The lowest BCUT2D eigenvalue weighted by Gasteiger charge is -2.38. The molecule has 0 bridgehead atoms. The molecule has 1 spiro atoms. The van der Waals surface area contributed by atoms with Crippen molar-refractivity contribution in [3.8, 4) is 0 Å². The van der Waals surface area contributed by atoms with Crippen LogP contribution in [0.25, 0.3) is 0 Å². The summed E-state index contributed by atoms with van der Waals surface area (Å²) < 4.78 is 24.6. The SMILES string of the molecule is CCOC[C@@H]1CC2(CCN(C(=O)c3ccc(F)c(Cl)c3)CC2)CO1. The van der Waals surface area contributed by atoms with Crippen LogP contribution in [-0.2, 0) is 9.47 Å². The van der Waals surface area contributed by atoms with E-state index >= 15 is 0 Å². The zero-order valence-electron chi connectivity index (χ0n) is 13.9. The van der Waals surface area contributed by atoms with E-state index in [1.54, 1.807) is 0 Å². The average Bonchev–Trinajstić information content (AvgIpc) is 2.98. The molecule has 1 atom stereocenters. The van der Waals surface area contributed by atoms with Gasteiger partial charge in [0.05, 0.1) is 24.3 Å². The lowest BCUT2D eigenvalue weighted by molar-refractivity contribution is 0.0159. The van der Waals surface area contributed by atoms with Crippen LogP contribution in [0.2, 0.25) is 5.02 Å². The van der Waals surface area contributed by atoms with Crippen LogP contribution in [0, 0.1) is 11.2 Å². The summed E-state index contributed by atoms with van der Waals surface area (Å²) in [5, 5.41) is -0.0164. The number of carbonyl (C=O) groups excluding carboxylic acids is 1. The minimum Gasteiger partial charge on any atom is -0.379 e. The van der Waals surface area contributed by atoms with Gasteiger partial charge in [-0.1, -0.05) is 11.6 Å². The molecule has 2 fully saturated rings. The fourth-order valence-electron chi connectivity index (χ4n) is 3.60. The normalized spacial score (nSPS) is 23.0. The fourth-order valence-corrected chi connectivity index (χ4v) is 3.78. The Morgan fingerprint density at radius 2 is 2.21 bits per heavy atom. The molecule has 4 nitrogen and oxygen atoms in total. The van der Waals surface area contributed by atoms with Crippen molar-refractivity contribution < 1.29 is 18.7 Å². The Morgan fingerprint density at radius 3 is 2.88 bits per heavy atom. The van der Waals surface area contributed by atoms with Gasteiger partial charge in [0.25, 0.3) is 5.91 Å². The molecule has 132 valence electrons. The lowest BCUT2D eigenvalue weighted by Crippen LogP contribution is -2.43. The van der Waals surface area contributed by atoms with Gasteiger partial charge in [-0.2, -0.15) is 0 Å². The van der Waals surface area contributed by atoms with Crippen LogP contribution < -0.4 is 0 Å². The number of likely N-dealkylation sites (tertiary alicyclic amines) is 1. The van der Waals surface area contributed by atoms with E-state index in [1.165, 1.54) is 18.2 Å². The number of halogens is 2. The van der Waals surface area contributed by atoms with Crippen molar-refractivity contribution in [2.75, 3.05) is 32.9 Å². The van der Waals surface area contributed by atoms with Gasteiger partial charge >= 0.3 is 0 Å². The largest absolute Gasteiger partial charge is 0.379 e. The minimum absolute atomic E-state index is 0.0164. The first-order valence-electron chi connectivity index (χ1n) is 8.47. The van der Waals surface area contributed by atoms with Crippen molar-refractivity contribution in [3.05, 3.63) is 34.6 Å². The highest BCUT2D eigenvalue weighted by atomic mass is 35.5. The molecular weight excluding hydrogens is 333 g/mol. The Balaban J connectivity index is 1.57. The lowest BCUT2D eigenvalue weighted by atomic mass is 9.76. The van der Waals surface area contributed by atoms with Crippen LogP contribution in [0.3, 0.4) is 0 Å². The second-order valence-corrected chi connectivity index (χ2v) is 7.12.